The predicted molar refractivity (Wildman–Crippen MR) is 89.4 cm³/mol. The largest absolute Gasteiger partial charge is 0.374 e. The molecule has 2 aliphatic rings. The number of nitrogens with zero attached hydrogens (tertiary/aromatic N) is 4. The summed E-state index contributed by atoms with van der Waals surface area (Å²) in [5, 5.41) is 8.82. The Kier molecular flexibility index (Phi) is 4.24. The number of hydrogen-bond donors (Lipinski definition) is 0. The molecule has 4 rings (SSSR count). The fourth-order valence-electron chi connectivity index (χ4n) is 3.58. The first-order valence-corrected chi connectivity index (χ1v) is 8.71. The molecule has 1 saturated carbocycles. The van der Waals surface area contributed by atoms with E-state index in [-0.39, 0.29) is 18.1 Å². The number of fused-ring (bicyclic) bond motifs is 1. The third kappa shape index (κ3) is 2.91. The lowest BCUT2D eigenvalue weighted by Gasteiger charge is -2.43. The molecule has 2 aromatic rings. The smallest absolute Gasteiger partial charge is 0.276 e. The molecule has 1 aliphatic heterocycles. The molecule has 7 heteroatoms. The average Bonchev–Trinajstić information content (AvgIpc) is 3.11. The lowest BCUT2D eigenvalue weighted by molar-refractivity contribution is -0.0754. The molecule has 0 N–H and O–H groups in total. The first kappa shape index (κ1) is 15.6. The molecule has 24 heavy (non-hydrogen) atoms. The highest BCUT2D eigenvalue weighted by Crippen LogP contribution is 2.29. The zero-order valence-corrected chi connectivity index (χ0v) is 14.0. The van der Waals surface area contributed by atoms with Crippen molar-refractivity contribution in [1.29, 1.82) is 0 Å². The molecular weight excluding hydrogens is 328 g/mol. The van der Waals surface area contributed by atoms with Gasteiger partial charge in [-0.1, -0.05) is 29.7 Å². The fraction of sp³-hybridized carbons (Fsp3) is 0.471. The number of hydrogen-bond acceptors (Lipinski definition) is 4. The first-order chi connectivity index (χ1) is 11.7. The summed E-state index contributed by atoms with van der Waals surface area (Å²) in [5.41, 5.74) is 1.19. The van der Waals surface area contributed by atoms with Gasteiger partial charge in [0.25, 0.3) is 5.91 Å². The van der Waals surface area contributed by atoms with Crippen molar-refractivity contribution in [1.82, 2.24) is 19.9 Å². The average molecular weight is 347 g/mol. The van der Waals surface area contributed by atoms with Gasteiger partial charge >= 0.3 is 0 Å². The number of carbonyl (C=O) groups is 1. The number of rotatable bonds is 2. The minimum atomic E-state index is -0.0598. The van der Waals surface area contributed by atoms with Gasteiger partial charge in [0, 0.05) is 11.6 Å². The second kappa shape index (κ2) is 6.53. The van der Waals surface area contributed by atoms with Crippen molar-refractivity contribution >= 4 is 17.5 Å². The van der Waals surface area contributed by atoms with Gasteiger partial charge in [0.1, 0.15) is 0 Å². The SMILES string of the molecule is O=C(c1cn(-c2ccc(Cl)cc2)nn1)N1CCO[C@@H]2CCCC[C@@H]21. The minimum absolute atomic E-state index is 0.0598. The summed E-state index contributed by atoms with van der Waals surface area (Å²) in [6.45, 7) is 1.21. The molecule has 0 unspecified atom stereocenters. The van der Waals surface area contributed by atoms with Crippen molar-refractivity contribution in [2.75, 3.05) is 13.2 Å². The second-order valence-corrected chi connectivity index (χ2v) is 6.72. The van der Waals surface area contributed by atoms with Crippen LogP contribution < -0.4 is 0 Å². The maximum atomic E-state index is 12.9. The summed E-state index contributed by atoms with van der Waals surface area (Å²) in [7, 11) is 0. The zero-order valence-electron chi connectivity index (χ0n) is 13.3. The molecule has 1 amide bonds. The first-order valence-electron chi connectivity index (χ1n) is 8.33. The van der Waals surface area contributed by atoms with Crippen LogP contribution in [0.2, 0.25) is 5.02 Å². The van der Waals surface area contributed by atoms with E-state index in [1.807, 2.05) is 17.0 Å². The molecule has 126 valence electrons. The molecule has 2 heterocycles. The van der Waals surface area contributed by atoms with Crippen LogP contribution in [0.5, 0.6) is 0 Å². The molecule has 0 radical (unpaired) electrons. The minimum Gasteiger partial charge on any atom is -0.374 e. The fourth-order valence-corrected chi connectivity index (χ4v) is 3.70. The maximum absolute atomic E-state index is 12.9. The molecule has 1 aromatic carbocycles. The number of benzene rings is 1. The summed E-state index contributed by atoms with van der Waals surface area (Å²) in [4.78, 5) is 14.8. The van der Waals surface area contributed by atoms with Crippen LogP contribution >= 0.6 is 11.6 Å². The lowest BCUT2D eigenvalue weighted by atomic mass is 9.90. The van der Waals surface area contributed by atoms with Gasteiger partial charge in [-0.3, -0.25) is 4.79 Å². The Bertz CT molecular complexity index is 728. The van der Waals surface area contributed by atoms with Crippen LogP contribution in [0.15, 0.2) is 30.5 Å². The van der Waals surface area contributed by atoms with Crippen molar-refractivity contribution in [3.05, 3.63) is 41.2 Å². The van der Waals surface area contributed by atoms with Crippen LogP contribution in [0.1, 0.15) is 36.2 Å². The van der Waals surface area contributed by atoms with Crippen molar-refractivity contribution in [3.63, 3.8) is 0 Å². The van der Waals surface area contributed by atoms with Crippen molar-refractivity contribution in [2.45, 2.75) is 37.8 Å². The summed E-state index contributed by atoms with van der Waals surface area (Å²) >= 11 is 5.90. The molecule has 0 bridgehead atoms. The van der Waals surface area contributed by atoms with Gasteiger partial charge in [-0.2, -0.15) is 0 Å². The Morgan fingerprint density at radius 3 is 2.83 bits per heavy atom. The molecule has 6 nitrogen and oxygen atoms in total. The van der Waals surface area contributed by atoms with Crippen LogP contribution in [-0.4, -0.2) is 51.1 Å². The van der Waals surface area contributed by atoms with E-state index in [0.29, 0.717) is 23.9 Å². The zero-order chi connectivity index (χ0) is 16.5. The van der Waals surface area contributed by atoms with Crippen LogP contribution in [0.3, 0.4) is 0 Å². The van der Waals surface area contributed by atoms with E-state index in [1.165, 1.54) is 6.42 Å². The standard InChI is InChI=1S/C17H19ClN4O2/c18-12-5-7-13(8-6-12)22-11-14(19-20-22)17(23)21-9-10-24-16-4-2-1-3-15(16)21/h5-8,11,15-16H,1-4,9-10H2/t15-,16+/m0/s1. The highest BCUT2D eigenvalue weighted by atomic mass is 35.5. The Balaban J connectivity index is 1.55. The molecule has 0 spiro atoms. The molecule has 2 fully saturated rings. The maximum Gasteiger partial charge on any atom is 0.276 e. The summed E-state index contributed by atoms with van der Waals surface area (Å²) in [6.07, 6.45) is 6.21. The number of ether oxygens (including phenoxy) is 1. The Morgan fingerprint density at radius 2 is 2.00 bits per heavy atom. The Morgan fingerprint density at radius 1 is 1.21 bits per heavy atom. The second-order valence-electron chi connectivity index (χ2n) is 6.28. The number of halogens is 1. The topological polar surface area (TPSA) is 60.2 Å². The molecule has 1 aromatic heterocycles. The molecule has 1 aliphatic carbocycles. The van der Waals surface area contributed by atoms with Gasteiger partial charge in [0.15, 0.2) is 5.69 Å². The number of aromatic nitrogens is 3. The van der Waals surface area contributed by atoms with E-state index < -0.39 is 0 Å². The van der Waals surface area contributed by atoms with Crippen LogP contribution in [-0.2, 0) is 4.74 Å². The summed E-state index contributed by atoms with van der Waals surface area (Å²) < 4.78 is 7.44. The summed E-state index contributed by atoms with van der Waals surface area (Å²) in [5.74, 6) is -0.0598. The van der Waals surface area contributed by atoms with E-state index in [1.54, 1.807) is 23.0 Å². The van der Waals surface area contributed by atoms with Gasteiger partial charge < -0.3 is 9.64 Å². The normalized spacial score (nSPS) is 23.8. The van der Waals surface area contributed by atoms with E-state index in [2.05, 4.69) is 10.3 Å². The van der Waals surface area contributed by atoms with Crippen molar-refractivity contribution in [3.8, 4) is 5.69 Å². The van der Waals surface area contributed by atoms with E-state index >= 15 is 0 Å². The van der Waals surface area contributed by atoms with Gasteiger partial charge in [-0.25, -0.2) is 4.68 Å². The van der Waals surface area contributed by atoms with Gasteiger partial charge in [0.2, 0.25) is 0 Å². The van der Waals surface area contributed by atoms with Crippen LogP contribution in [0, 0.1) is 0 Å². The van der Waals surface area contributed by atoms with E-state index in [0.717, 1.165) is 24.9 Å². The van der Waals surface area contributed by atoms with E-state index in [9.17, 15) is 4.79 Å². The van der Waals surface area contributed by atoms with Crippen LogP contribution in [0.25, 0.3) is 5.69 Å². The number of carbonyl (C=O) groups excluding carboxylic acids is 1. The quantitative estimate of drug-likeness (QED) is 0.838. The van der Waals surface area contributed by atoms with Crippen LogP contribution in [0.4, 0.5) is 0 Å². The Hall–Kier alpha value is -1.92. The summed E-state index contributed by atoms with van der Waals surface area (Å²) in [6, 6.07) is 7.43. The third-order valence-electron chi connectivity index (χ3n) is 4.80. The number of morpholine rings is 1. The monoisotopic (exact) mass is 346 g/mol. The Labute approximate surface area is 145 Å². The lowest BCUT2D eigenvalue weighted by Crippen LogP contribution is -2.54. The van der Waals surface area contributed by atoms with Gasteiger partial charge in [-0.15, -0.1) is 5.10 Å². The van der Waals surface area contributed by atoms with Crippen molar-refractivity contribution < 1.29 is 9.53 Å². The molecular formula is C17H19ClN4O2. The van der Waals surface area contributed by atoms with Crippen molar-refractivity contribution in [2.24, 2.45) is 0 Å². The highest BCUT2D eigenvalue weighted by molar-refractivity contribution is 6.30. The highest BCUT2D eigenvalue weighted by Gasteiger charge is 2.37. The van der Waals surface area contributed by atoms with Gasteiger partial charge in [-0.05, 0) is 37.1 Å². The molecule has 1 saturated heterocycles. The van der Waals surface area contributed by atoms with E-state index in [4.69, 9.17) is 16.3 Å². The van der Waals surface area contributed by atoms with Gasteiger partial charge in [0.05, 0.1) is 30.6 Å². The molecule has 2 atom stereocenters. The predicted octanol–water partition coefficient (Wildman–Crippen LogP) is 2.70. The third-order valence-corrected chi connectivity index (χ3v) is 5.05. The number of amides is 1.